The van der Waals surface area contributed by atoms with Crippen LogP contribution in [0.15, 0.2) is 54.7 Å². The van der Waals surface area contributed by atoms with Crippen molar-refractivity contribution in [1.29, 1.82) is 0 Å². The van der Waals surface area contributed by atoms with Crippen LogP contribution in [0, 0.1) is 18.6 Å². The number of benzene rings is 2. The van der Waals surface area contributed by atoms with Gasteiger partial charge in [0, 0.05) is 61.8 Å². The third-order valence-electron chi connectivity index (χ3n) is 7.17. The fourth-order valence-corrected chi connectivity index (χ4v) is 5.17. The number of methoxy groups -OCH3 is 1. The highest BCUT2D eigenvalue weighted by Gasteiger charge is 2.31. The zero-order valence-electron chi connectivity index (χ0n) is 23.4. The SMILES string of the molecule is COc1ccn2nc(C)c(C(=O)NCc3cc(F)c(N4CCN(c5ccc(OC(F)(F)F)cc5)[C@@H](C)C4)cc3F)c2c1.Cl. The molecule has 0 spiro atoms. The summed E-state index contributed by atoms with van der Waals surface area (Å²) in [6.45, 7) is 4.48. The van der Waals surface area contributed by atoms with Gasteiger partial charge < -0.3 is 24.6 Å². The fourth-order valence-electron chi connectivity index (χ4n) is 5.17. The van der Waals surface area contributed by atoms with Gasteiger partial charge in [0.25, 0.3) is 5.91 Å². The maximum absolute atomic E-state index is 15.2. The number of nitrogens with one attached hydrogen (secondary N) is 1. The highest BCUT2D eigenvalue weighted by molar-refractivity contribution is 6.02. The first-order valence-corrected chi connectivity index (χ1v) is 13.1. The Balaban J connectivity index is 0.00000423. The number of pyridine rings is 1. The lowest BCUT2D eigenvalue weighted by Crippen LogP contribution is -2.52. The molecule has 1 aliphatic heterocycles. The molecule has 0 radical (unpaired) electrons. The van der Waals surface area contributed by atoms with Gasteiger partial charge in [-0.3, -0.25) is 4.79 Å². The second-order valence-electron chi connectivity index (χ2n) is 9.96. The number of carbonyl (C=O) groups excluding carboxylic acids is 1. The van der Waals surface area contributed by atoms with Gasteiger partial charge in [-0.1, -0.05) is 0 Å². The van der Waals surface area contributed by atoms with Crippen molar-refractivity contribution in [2.24, 2.45) is 0 Å². The molecule has 4 aromatic rings. The molecular formula is C29H29ClF5N5O3. The Labute approximate surface area is 250 Å². The standard InChI is InChI=1S/C29H28F5N5O3.ClH/c1-17-16-37(10-11-38(17)20-4-6-21(7-5-20)42-29(32,33)34)25-14-23(30)19(12-24(25)31)15-35-28(40)27-18(2)36-39-9-8-22(41-3)13-26(27)39;/h4-9,12-14,17H,10-11,15-16H2,1-3H3,(H,35,40);1H/t17-;/m0./s1. The highest BCUT2D eigenvalue weighted by atomic mass is 35.5. The summed E-state index contributed by atoms with van der Waals surface area (Å²) in [4.78, 5) is 16.7. The van der Waals surface area contributed by atoms with Crippen molar-refractivity contribution in [1.82, 2.24) is 14.9 Å². The number of amides is 1. The summed E-state index contributed by atoms with van der Waals surface area (Å²) >= 11 is 0. The van der Waals surface area contributed by atoms with Crippen LogP contribution in [-0.4, -0.2) is 54.7 Å². The van der Waals surface area contributed by atoms with E-state index in [9.17, 15) is 18.0 Å². The number of carbonyl (C=O) groups is 1. The first-order valence-electron chi connectivity index (χ1n) is 13.1. The van der Waals surface area contributed by atoms with Crippen LogP contribution in [0.25, 0.3) is 5.52 Å². The molecule has 8 nitrogen and oxygen atoms in total. The van der Waals surface area contributed by atoms with Crippen molar-refractivity contribution >= 4 is 35.2 Å². The van der Waals surface area contributed by atoms with Gasteiger partial charge in [-0.05, 0) is 50.2 Å². The third-order valence-corrected chi connectivity index (χ3v) is 7.17. The second kappa shape index (κ2) is 12.5. The first-order chi connectivity index (χ1) is 19.9. The number of hydrogen-bond acceptors (Lipinski definition) is 6. The topological polar surface area (TPSA) is 71.3 Å². The Morgan fingerprint density at radius 2 is 1.77 bits per heavy atom. The molecule has 0 aliphatic carbocycles. The van der Waals surface area contributed by atoms with E-state index in [4.69, 9.17) is 4.74 Å². The molecule has 2 aromatic carbocycles. The number of rotatable bonds is 7. The minimum Gasteiger partial charge on any atom is -0.497 e. The van der Waals surface area contributed by atoms with Crippen LogP contribution >= 0.6 is 12.4 Å². The van der Waals surface area contributed by atoms with E-state index in [1.54, 1.807) is 34.7 Å². The largest absolute Gasteiger partial charge is 0.573 e. The molecule has 1 atom stereocenters. The van der Waals surface area contributed by atoms with E-state index >= 15 is 8.78 Å². The number of anilines is 2. The number of aromatic nitrogens is 2. The summed E-state index contributed by atoms with van der Waals surface area (Å²) < 4.78 is 78.4. The van der Waals surface area contributed by atoms with Crippen LogP contribution in [-0.2, 0) is 6.54 Å². The zero-order chi connectivity index (χ0) is 30.2. The molecule has 1 fully saturated rings. The van der Waals surface area contributed by atoms with E-state index < -0.39 is 23.9 Å². The van der Waals surface area contributed by atoms with Crippen LogP contribution in [0.3, 0.4) is 0 Å². The van der Waals surface area contributed by atoms with Gasteiger partial charge in [0.05, 0.1) is 29.6 Å². The average Bonchev–Trinajstić information content (AvgIpc) is 3.27. The Kier molecular flexibility index (Phi) is 9.24. The quantitative estimate of drug-likeness (QED) is 0.258. The predicted molar refractivity (Wildman–Crippen MR) is 153 cm³/mol. The minimum absolute atomic E-state index is 0. The lowest BCUT2D eigenvalue weighted by molar-refractivity contribution is -0.274. The number of hydrogen-bond donors (Lipinski definition) is 1. The number of ether oxygens (including phenoxy) is 2. The molecule has 1 N–H and O–H groups in total. The van der Waals surface area contributed by atoms with Gasteiger partial charge >= 0.3 is 6.36 Å². The van der Waals surface area contributed by atoms with Gasteiger partial charge in [0.1, 0.15) is 23.1 Å². The number of nitrogens with zero attached hydrogens (tertiary/aromatic N) is 4. The maximum atomic E-state index is 15.2. The monoisotopic (exact) mass is 625 g/mol. The lowest BCUT2D eigenvalue weighted by atomic mass is 10.1. The molecule has 1 saturated heterocycles. The molecule has 1 aliphatic rings. The van der Waals surface area contributed by atoms with Crippen LogP contribution in [0.4, 0.5) is 33.3 Å². The smallest absolute Gasteiger partial charge is 0.497 e. The van der Waals surface area contributed by atoms with E-state index in [1.165, 1.54) is 31.4 Å². The fraction of sp³-hybridized carbons (Fsp3) is 0.310. The van der Waals surface area contributed by atoms with Crippen LogP contribution in [0.1, 0.15) is 28.5 Å². The first kappa shape index (κ1) is 31.7. The number of alkyl halides is 3. The van der Waals surface area contributed by atoms with Crippen molar-refractivity contribution in [2.75, 3.05) is 36.5 Å². The van der Waals surface area contributed by atoms with Crippen LogP contribution < -0.4 is 24.6 Å². The summed E-state index contributed by atoms with van der Waals surface area (Å²) in [5, 5.41) is 6.97. The molecule has 0 unspecified atom stereocenters. The van der Waals surface area contributed by atoms with Crippen molar-refractivity contribution in [3.63, 3.8) is 0 Å². The van der Waals surface area contributed by atoms with Gasteiger partial charge in [0.2, 0.25) is 0 Å². The molecule has 0 bridgehead atoms. The van der Waals surface area contributed by atoms with Crippen molar-refractivity contribution in [2.45, 2.75) is 32.8 Å². The molecule has 5 rings (SSSR count). The summed E-state index contributed by atoms with van der Waals surface area (Å²) in [7, 11) is 1.51. The number of aryl methyl sites for hydroxylation is 1. The normalized spacial score (nSPS) is 15.3. The third kappa shape index (κ3) is 6.87. The summed E-state index contributed by atoms with van der Waals surface area (Å²) in [5.74, 6) is -1.56. The summed E-state index contributed by atoms with van der Waals surface area (Å²) in [6.07, 6.45) is -3.11. The Bertz CT molecular complexity index is 1610. The van der Waals surface area contributed by atoms with E-state index in [-0.39, 0.29) is 42.0 Å². The van der Waals surface area contributed by atoms with Gasteiger partial charge in [-0.2, -0.15) is 5.10 Å². The van der Waals surface area contributed by atoms with E-state index in [0.29, 0.717) is 47.8 Å². The summed E-state index contributed by atoms with van der Waals surface area (Å²) in [6, 6.07) is 11.0. The van der Waals surface area contributed by atoms with Gasteiger partial charge in [-0.25, -0.2) is 13.3 Å². The summed E-state index contributed by atoms with van der Waals surface area (Å²) in [5.41, 5.74) is 2.07. The molecule has 3 heterocycles. The second-order valence-corrected chi connectivity index (χ2v) is 9.96. The molecule has 2 aromatic heterocycles. The zero-order valence-corrected chi connectivity index (χ0v) is 24.2. The Morgan fingerprint density at radius 3 is 2.42 bits per heavy atom. The average molecular weight is 626 g/mol. The predicted octanol–water partition coefficient (Wildman–Crippen LogP) is 5.90. The molecule has 43 heavy (non-hydrogen) atoms. The van der Waals surface area contributed by atoms with E-state index in [0.717, 1.165) is 12.1 Å². The van der Waals surface area contributed by atoms with Gasteiger partial charge in [0.15, 0.2) is 0 Å². The Morgan fingerprint density at radius 1 is 1.05 bits per heavy atom. The molecule has 1 amide bonds. The van der Waals surface area contributed by atoms with E-state index in [2.05, 4.69) is 15.2 Å². The lowest BCUT2D eigenvalue weighted by Gasteiger charge is -2.42. The van der Waals surface area contributed by atoms with Gasteiger partial charge in [-0.15, -0.1) is 25.6 Å². The van der Waals surface area contributed by atoms with Crippen LogP contribution in [0.2, 0.25) is 0 Å². The molecular weight excluding hydrogens is 597 g/mol. The number of halogens is 6. The highest BCUT2D eigenvalue weighted by Crippen LogP contribution is 2.30. The molecule has 230 valence electrons. The minimum atomic E-state index is -4.77. The maximum Gasteiger partial charge on any atom is 0.573 e. The van der Waals surface area contributed by atoms with Crippen LogP contribution in [0.5, 0.6) is 11.5 Å². The van der Waals surface area contributed by atoms with Crippen molar-refractivity contribution in [3.8, 4) is 11.5 Å². The van der Waals surface area contributed by atoms with Crippen molar-refractivity contribution < 1.29 is 36.2 Å². The number of fused-ring (bicyclic) bond motifs is 1. The molecule has 0 saturated carbocycles. The number of piperazine rings is 1. The molecule has 14 heteroatoms. The van der Waals surface area contributed by atoms with E-state index in [1.807, 2.05) is 11.8 Å². The van der Waals surface area contributed by atoms with Crippen molar-refractivity contribution in [3.05, 3.63) is 83.2 Å². The Hall–Kier alpha value is -4.26.